The molecule has 1 aromatic rings. The second-order valence-corrected chi connectivity index (χ2v) is 5.83. The summed E-state index contributed by atoms with van der Waals surface area (Å²) in [4.78, 5) is 35.0. The Kier molecular flexibility index (Phi) is 4.80. The van der Waals surface area contributed by atoms with Gasteiger partial charge in [-0.25, -0.2) is 4.79 Å². The molecule has 0 spiro atoms. The minimum atomic E-state index is -1.01. The predicted octanol–water partition coefficient (Wildman–Crippen LogP) is 1.42. The largest absolute Gasteiger partial charge is 0.480 e. The van der Waals surface area contributed by atoms with E-state index in [4.69, 9.17) is 5.11 Å². The van der Waals surface area contributed by atoms with Gasteiger partial charge in [-0.15, -0.1) is 0 Å². The first kappa shape index (κ1) is 16.0. The molecule has 6 nitrogen and oxygen atoms in total. The normalized spacial score (nSPS) is 15.2. The van der Waals surface area contributed by atoms with E-state index < -0.39 is 17.9 Å². The van der Waals surface area contributed by atoms with Crippen LogP contribution in [0.25, 0.3) is 0 Å². The Morgan fingerprint density at radius 3 is 1.82 bits per heavy atom. The van der Waals surface area contributed by atoms with Crippen molar-refractivity contribution in [2.75, 3.05) is 0 Å². The molecule has 0 aromatic heterocycles. The van der Waals surface area contributed by atoms with Gasteiger partial charge in [0.25, 0.3) is 11.8 Å². The van der Waals surface area contributed by atoms with Crippen molar-refractivity contribution in [2.45, 2.75) is 38.8 Å². The van der Waals surface area contributed by atoms with Crippen LogP contribution in [0.15, 0.2) is 24.3 Å². The molecule has 1 atom stereocenters. The highest BCUT2D eigenvalue weighted by Gasteiger charge is 2.37. The van der Waals surface area contributed by atoms with Crippen LogP contribution in [0.3, 0.4) is 0 Å². The highest BCUT2D eigenvalue weighted by molar-refractivity contribution is 5.99. The number of carboxylic acids is 1. The molecule has 1 aliphatic rings. The SMILES string of the molecule is CC(C)NC(=O)c1ccc(C(=O)NC(C(=O)O)C2CC2)cc1. The number of hydrogen-bond donors (Lipinski definition) is 3. The van der Waals surface area contributed by atoms with Gasteiger partial charge >= 0.3 is 5.97 Å². The fourth-order valence-electron chi connectivity index (χ4n) is 2.15. The molecule has 6 heteroatoms. The van der Waals surface area contributed by atoms with Crippen molar-refractivity contribution < 1.29 is 19.5 Å². The summed E-state index contributed by atoms with van der Waals surface area (Å²) in [7, 11) is 0. The summed E-state index contributed by atoms with van der Waals surface area (Å²) in [6.45, 7) is 3.73. The van der Waals surface area contributed by atoms with Crippen LogP contribution < -0.4 is 10.6 Å². The molecule has 1 aromatic carbocycles. The first-order chi connectivity index (χ1) is 10.4. The lowest BCUT2D eigenvalue weighted by Crippen LogP contribution is -2.42. The smallest absolute Gasteiger partial charge is 0.326 e. The fraction of sp³-hybridized carbons (Fsp3) is 0.438. The molecule has 0 bridgehead atoms. The molecule has 0 aliphatic heterocycles. The van der Waals surface area contributed by atoms with E-state index in [1.807, 2.05) is 13.8 Å². The molecular weight excluding hydrogens is 284 g/mol. The number of carbonyl (C=O) groups is 3. The van der Waals surface area contributed by atoms with E-state index in [1.165, 1.54) is 12.1 Å². The Balaban J connectivity index is 2.01. The number of carbonyl (C=O) groups excluding carboxylic acids is 2. The van der Waals surface area contributed by atoms with Gasteiger partial charge in [0.2, 0.25) is 0 Å². The van der Waals surface area contributed by atoms with E-state index >= 15 is 0 Å². The second kappa shape index (κ2) is 6.60. The minimum absolute atomic E-state index is 0.0255. The average molecular weight is 304 g/mol. The minimum Gasteiger partial charge on any atom is -0.480 e. The van der Waals surface area contributed by atoms with E-state index in [9.17, 15) is 14.4 Å². The second-order valence-electron chi connectivity index (χ2n) is 5.83. The van der Waals surface area contributed by atoms with Crippen molar-refractivity contribution >= 4 is 17.8 Å². The molecule has 1 saturated carbocycles. The topological polar surface area (TPSA) is 95.5 Å². The summed E-state index contributed by atoms with van der Waals surface area (Å²) in [5.41, 5.74) is 0.801. The van der Waals surface area contributed by atoms with Gasteiger partial charge < -0.3 is 15.7 Å². The van der Waals surface area contributed by atoms with E-state index in [0.29, 0.717) is 11.1 Å². The third-order valence-electron chi connectivity index (χ3n) is 3.48. The summed E-state index contributed by atoms with van der Waals surface area (Å²) < 4.78 is 0. The van der Waals surface area contributed by atoms with Crippen LogP contribution in [0.2, 0.25) is 0 Å². The lowest BCUT2D eigenvalue weighted by Gasteiger charge is -2.14. The van der Waals surface area contributed by atoms with E-state index in [1.54, 1.807) is 12.1 Å². The number of benzene rings is 1. The number of hydrogen-bond acceptors (Lipinski definition) is 3. The first-order valence-corrected chi connectivity index (χ1v) is 7.33. The van der Waals surface area contributed by atoms with Crippen LogP contribution in [-0.2, 0) is 4.79 Å². The molecule has 2 amide bonds. The van der Waals surface area contributed by atoms with Crippen molar-refractivity contribution in [3.8, 4) is 0 Å². The van der Waals surface area contributed by atoms with Crippen LogP contribution in [0, 0.1) is 5.92 Å². The van der Waals surface area contributed by atoms with Crippen molar-refractivity contribution in [2.24, 2.45) is 5.92 Å². The molecule has 22 heavy (non-hydrogen) atoms. The summed E-state index contributed by atoms with van der Waals surface area (Å²) in [6, 6.07) is 5.35. The quantitative estimate of drug-likeness (QED) is 0.740. The van der Waals surface area contributed by atoms with Gasteiger partial charge in [0.15, 0.2) is 0 Å². The number of amides is 2. The molecule has 1 unspecified atom stereocenters. The lowest BCUT2D eigenvalue weighted by molar-refractivity contribution is -0.139. The van der Waals surface area contributed by atoms with Crippen LogP contribution in [0.5, 0.6) is 0 Å². The Hall–Kier alpha value is -2.37. The van der Waals surface area contributed by atoms with Gasteiger partial charge in [0, 0.05) is 17.2 Å². The van der Waals surface area contributed by atoms with Gasteiger partial charge in [0.1, 0.15) is 6.04 Å². The number of aliphatic carboxylic acids is 1. The number of carboxylic acid groups (broad SMARTS) is 1. The van der Waals surface area contributed by atoms with Crippen molar-refractivity contribution in [1.29, 1.82) is 0 Å². The highest BCUT2D eigenvalue weighted by Crippen LogP contribution is 2.32. The molecule has 0 saturated heterocycles. The van der Waals surface area contributed by atoms with Gasteiger partial charge in [-0.2, -0.15) is 0 Å². The molecule has 0 heterocycles. The zero-order valence-electron chi connectivity index (χ0n) is 12.6. The number of nitrogens with one attached hydrogen (secondary N) is 2. The van der Waals surface area contributed by atoms with Gasteiger partial charge in [-0.1, -0.05) is 0 Å². The molecule has 3 N–H and O–H groups in total. The Morgan fingerprint density at radius 1 is 1.00 bits per heavy atom. The molecule has 2 rings (SSSR count). The van der Waals surface area contributed by atoms with E-state index in [2.05, 4.69) is 10.6 Å². The van der Waals surface area contributed by atoms with Crippen molar-refractivity contribution in [3.05, 3.63) is 35.4 Å². The van der Waals surface area contributed by atoms with Crippen LogP contribution in [0.1, 0.15) is 47.4 Å². The van der Waals surface area contributed by atoms with Crippen LogP contribution in [0.4, 0.5) is 0 Å². The third kappa shape index (κ3) is 4.07. The van der Waals surface area contributed by atoms with Crippen LogP contribution in [-0.4, -0.2) is 35.0 Å². The molecule has 1 fully saturated rings. The molecule has 118 valence electrons. The molecular formula is C16H20N2O4. The Morgan fingerprint density at radius 2 is 1.45 bits per heavy atom. The van der Waals surface area contributed by atoms with E-state index in [0.717, 1.165) is 12.8 Å². The average Bonchev–Trinajstić information content (AvgIpc) is 3.28. The van der Waals surface area contributed by atoms with Gasteiger partial charge in [0.05, 0.1) is 0 Å². The first-order valence-electron chi connectivity index (χ1n) is 7.33. The molecule has 0 radical (unpaired) electrons. The van der Waals surface area contributed by atoms with Crippen molar-refractivity contribution in [3.63, 3.8) is 0 Å². The zero-order chi connectivity index (χ0) is 16.3. The Labute approximate surface area is 128 Å². The highest BCUT2D eigenvalue weighted by atomic mass is 16.4. The monoisotopic (exact) mass is 304 g/mol. The fourth-order valence-corrected chi connectivity index (χ4v) is 2.15. The maximum absolute atomic E-state index is 12.1. The molecule has 1 aliphatic carbocycles. The van der Waals surface area contributed by atoms with Gasteiger partial charge in [-0.3, -0.25) is 9.59 Å². The van der Waals surface area contributed by atoms with Crippen molar-refractivity contribution in [1.82, 2.24) is 10.6 Å². The standard InChI is InChI=1S/C16H20N2O4/c1-9(2)17-14(19)11-5-7-12(8-6-11)15(20)18-13(16(21)22)10-3-4-10/h5-10,13H,3-4H2,1-2H3,(H,17,19)(H,18,20)(H,21,22). The van der Waals surface area contributed by atoms with E-state index in [-0.39, 0.29) is 17.9 Å². The summed E-state index contributed by atoms with van der Waals surface area (Å²) in [5, 5.41) is 14.4. The van der Waals surface area contributed by atoms with Crippen LogP contribution >= 0.6 is 0 Å². The lowest BCUT2D eigenvalue weighted by atomic mass is 10.1. The summed E-state index contributed by atoms with van der Waals surface area (Å²) >= 11 is 0. The van der Waals surface area contributed by atoms with Gasteiger partial charge in [-0.05, 0) is 56.9 Å². The maximum atomic E-state index is 12.1. The number of rotatable bonds is 6. The maximum Gasteiger partial charge on any atom is 0.326 e. The Bertz CT molecular complexity index is 576. The predicted molar refractivity (Wildman–Crippen MR) is 80.7 cm³/mol. The summed E-state index contributed by atoms with van der Waals surface area (Å²) in [5.74, 6) is -1.63. The zero-order valence-corrected chi connectivity index (χ0v) is 12.6. The third-order valence-corrected chi connectivity index (χ3v) is 3.48. The summed E-state index contributed by atoms with van der Waals surface area (Å²) in [6.07, 6.45) is 1.65.